The van der Waals surface area contributed by atoms with Gasteiger partial charge in [-0.25, -0.2) is 9.59 Å². The molecule has 1 aromatic carbocycles. The zero-order valence-electron chi connectivity index (χ0n) is 8.82. The van der Waals surface area contributed by atoms with E-state index < -0.39 is 16.3 Å². The second kappa shape index (κ2) is 4.25. The minimum Gasteiger partial charge on any atom is -0.480 e. The third kappa shape index (κ3) is 1.95. The van der Waals surface area contributed by atoms with E-state index in [0.717, 1.165) is 5.56 Å². The summed E-state index contributed by atoms with van der Waals surface area (Å²) in [5, 5.41) is 18.0. The molecule has 4 nitrogen and oxygen atoms in total. The molecule has 0 saturated heterocycles. The maximum atomic E-state index is 11.1. The lowest BCUT2D eigenvalue weighted by Gasteiger charge is -2.20. The summed E-state index contributed by atoms with van der Waals surface area (Å²) >= 11 is 2.80. The summed E-state index contributed by atoms with van der Waals surface area (Å²) in [7, 11) is 0. The first-order valence-electron chi connectivity index (χ1n) is 4.53. The topological polar surface area (TPSA) is 74.6 Å². The minimum absolute atomic E-state index is 0.234. The summed E-state index contributed by atoms with van der Waals surface area (Å²) in [5.41, 5.74) is 1.81. The zero-order valence-corrected chi connectivity index (χ0v) is 10.4. The third-order valence-corrected chi connectivity index (χ3v) is 3.45. The highest BCUT2D eigenvalue weighted by Crippen LogP contribution is 2.34. The number of carboxylic acid groups (broad SMARTS) is 2. The molecule has 0 unspecified atom stereocenters. The minimum atomic E-state index is -2.08. The quantitative estimate of drug-likeness (QED) is 0.659. The molecule has 1 rings (SSSR count). The monoisotopic (exact) mass is 286 g/mol. The highest BCUT2D eigenvalue weighted by molar-refractivity contribution is 9.10. The van der Waals surface area contributed by atoms with Crippen LogP contribution in [0.2, 0.25) is 0 Å². The number of hydrogen-bond acceptors (Lipinski definition) is 2. The maximum Gasteiger partial charge on any atom is 0.336 e. The molecule has 5 heteroatoms. The Morgan fingerprint density at radius 1 is 1.19 bits per heavy atom. The van der Waals surface area contributed by atoms with Crippen LogP contribution in [0.3, 0.4) is 0 Å². The Morgan fingerprint density at radius 2 is 1.69 bits per heavy atom. The molecule has 0 aliphatic rings. The summed E-state index contributed by atoms with van der Waals surface area (Å²) in [6.07, 6.45) is 0. The molecule has 0 spiro atoms. The van der Waals surface area contributed by atoms with Crippen LogP contribution in [0.5, 0.6) is 0 Å². The van der Waals surface area contributed by atoms with Crippen molar-refractivity contribution in [1.82, 2.24) is 0 Å². The summed E-state index contributed by atoms with van der Waals surface area (Å²) in [5.74, 6) is -2.88. The lowest BCUT2D eigenvalue weighted by atomic mass is 9.93. The van der Waals surface area contributed by atoms with Gasteiger partial charge in [0.25, 0.3) is 0 Å². The van der Waals surface area contributed by atoms with Crippen LogP contribution in [-0.4, -0.2) is 22.2 Å². The Bertz CT molecular complexity index is 439. The highest BCUT2D eigenvalue weighted by atomic mass is 79.9. The van der Waals surface area contributed by atoms with Crippen LogP contribution in [0.1, 0.15) is 16.7 Å². The molecule has 2 N–H and O–H groups in total. The Balaban J connectivity index is 3.44. The Hall–Kier alpha value is -1.36. The number of alkyl halides is 1. The molecule has 0 radical (unpaired) electrons. The Kier molecular flexibility index (Phi) is 3.38. The summed E-state index contributed by atoms with van der Waals surface area (Å²) in [4.78, 5) is 22.1. The average molecular weight is 287 g/mol. The van der Waals surface area contributed by atoms with Gasteiger partial charge in [-0.2, -0.15) is 0 Å². The van der Waals surface area contributed by atoms with Crippen LogP contribution in [0, 0.1) is 13.8 Å². The van der Waals surface area contributed by atoms with Crippen LogP contribution in [0.4, 0.5) is 0 Å². The van der Waals surface area contributed by atoms with Gasteiger partial charge in [0, 0.05) is 0 Å². The Morgan fingerprint density at radius 3 is 2.06 bits per heavy atom. The van der Waals surface area contributed by atoms with Gasteiger partial charge in [-0.05, 0) is 25.0 Å². The molecule has 0 atom stereocenters. The van der Waals surface area contributed by atoms with Crippen molar-refractivity contribution in [2.75, 3.05) is 0 Å². The number of halogens is 1. The predicted octanol–water partition coefficient (Wildman–Crippen LogP) is 2.06. The number of rotatable bonds is 3. The van der Waals surface area contributed by atoms with Gasteiger partial charge in [0.15, 0.2) is 0 Å². The fraction of sp³-hybridized carbons (Fsp3) is 0.273. The molecule has 0 aliphatic heterocycles. The molecule has 0 aromatic heterocycles. The van der Waals surface area contributed by atoms with Gasteiger partial charge in [-0.3, -0.25) is 0 Å². The van der Waals surface area contributed by atoms with Gasteiger partial charge in [0.2, 0.25) is 4.32 Å². The smallest absolute Gasteiger partial charge is 0.336 e. The van der Waals surface area contributed by atoms with Crippen LogP contribution >= 0.6 is 15.9 Å². The van der Waals surface area contributed by atoms with Gasteiger partial charge in [0.1, 0.15) is 0 Å². The van der Waals surface area contributed by atoms with Crippen LogP contribution in [-0.2, 0) is 13.9 Å². The number of benzene rings is 1. The van der Waals surface area contributed by atoms with E-state index in [1.807, 2.05) is 6.92 Å². The fourth-order valence-electron chi connectivity index (χ4n) is 1.52. The van der Waals surface area contributed by atoms with Crippen molar-refractivity contribution in [3.63, 3.8) is 0 Å². The summed E-state index contributed by atoms with van der Waals surface area (Å²) in [6.45, 7) is 3.54. The van der Waals surface area contributed by atoms with E-state index in [9.17, 15) is 9.59 Å². The molecular formula is C11H11BrO4. The van der Waals surface area contributed by atoms with E-state index in [1.165, 1.54) is 6.07 Å². The molecule has 16 heavy (non-hydrogen) atoms. The summed E-state index contributed by atoms with van der Waals surface area (Å²) in [6, 6.07) is 4.95. The Labute approximate surface area is 101 Å². The van der Waals surface area contributed by atoms with E-state index in [1.54, 1.807) is 19.1 Å². The summed E-state index contributed by atoms with van der Waals surface area (Å²) < 4.78 is -2.08. The molecule has 0 saturated carbocycles. The second-order valence-electron chi connectivity index (χ2n) is 3.59. The van der Waals surface area contributed by atoms with Crippen molar-refractivity contribution in [2.24, 2.45) is 0 Å². The van der Waals surface area contributed by atoms with Crippen molar-refractivity contribution >= 4 is 27.9 Å². The van der Waals surface area contributed by atoms with Crippen molar-refractivity contribution in [3.8, 4) is 0 Å². The van der Waals surface area contributed by atoms with Crippen molar-refractivity contribution in [2.45, 2.75) is 18.2 Å². The molecule has 0 aliphatic carbocycles. The molecule has 0 amide bonds. The van der Waals surface area contributed by atoms with Gasteiger partial charge in [-0.15, -0.1) is 0 Å². The molecule has 1 aromatic rings. The van der Waals surface area contributed by atoms with Gasteiger partial charge >= 0.3 is 11.9 Å². The standard InChI is InChI=1S/C11H11BrO4/c1-6-3-4-8(7(2)5-6)11(12,9(13)14)10(15)16/h3-5H,1-2H3,(H,13,14)(H,15,16). The van der Waals surface area contributed by atoms with E-state index >= 15 is 0 Å². The third-order valence-electron chi connectivity index (χ3n) is 2.34. The van der Waals surface area contributed by atoms with Gasteiger partial charge in [-0.1, -0.05) is 39.7 Å². The second-order valence-corrected chi connectivity index (χ2v) is 4.78. The van der Waals surface area contributed by atoms with Gasteiger partial charge < -0.3 is 10.2 Å². The van der Waals surface area contributed by atoms with Gasteiger partial charge in [0.05, 0.1) is 0 Å². The van der Waals surface area contributed by atoms with Crippen LogP contribution < -0.4 is 0 Å². The van der Waals surface area contributed by atoms with Crippen LogP contribution in [0.25, 0.3) is 0 Å². The molecule has 0 fully saturated rings. The van der Waals surface area contributed by atoms with Crippen LogP contribution in [0.15, 0.2) is 18.2 Å². The first-order valence-corrected chi connectivity index (χ1v) is 5.33. The number of aryl methyl sites for hydroxylation is 2. The molecular weight excluding hydrogens is 276 g/mol. The lowest BCUT2D eigenvalue weighted by Crippen LogP contribution is -2.38. The predicted molar refractivity (Wildman–Crippen MR) is 61.8 cm³/mol. The molecule has 0 bridgehead atoms. The number of aliphatic carboxylic acids is 2. The number of carbonyl (C=O) groups is 2. The highest BCUT2D eigenvalue weighted by Gasteiger charge is 2.46. The van der Waals surface area contributed by atoms with E-state index in [2.05, 4.69) is 15.9 Å². The first-order chi connectivity index (χ1) is 7.30. The normalized spacial score (nSPS) is 11.2. The largest absolute Gasteiger partial charge is 0.480 e. The van der Waals surface area contributed by atoms with Crippen molar-refractivity contribution in [3.05, 3.63) is 34.9 Å². The average Bonchev–Trinajstić information content (AvgIpc) is 2.15. The zero-order chi connectivity index (χ0) is 12.5. The SMILES string of the molecule is Cc1ccc(C(Br)(C(=O)O)C(=O)O)c(C)c1. The van der Waals surface area contributed by atoms with E-state index in [-0.39, 0.29) is 5.56 Å². The number of hydrogen-bond donors (Lipinski definition) is 2. The van der Waals surface area contributed by atoms with Crippen molar-refractivity contribution in [1.29, 1.82) is 0 Å². The van der Waals surface area contributed by atoms with Crippen molar-refractivity contribution < 1.29 is 19.8 Å². The maximum absolute atomic E-state index is 11.1. The number of carboxylic acids is 2. The lowest BCUT2D eigenvalue weighted by molar-refractivity contribution is -0.151. The van der Waals surface area contributed by atoms with E-state index in [0.29, 0.717) is 5.56 Å². The van der Waals surface area contributed by atoms with E-state index in [4.69, 9.17) is 10.2 Å². The first kappa shape index (κ1) is 12.7. The fourth-order valence-corrected chi connectivity index (χ4v) is 1.97. The molecule has 0 heterocycles. The molecule has 86 valence electrons.